The van der Waals surface area contributed by atoms with Crippen molar-refractivity contribution in [3.8, 4) is 0 Å². The molecule has 34 heavy (non-hydrogen) atoms. The Balaban J connectivity index is 0.000000131. The molecule has 0 spiro atoms. The minimum absolute atomic E-state index is 0.00810. The lowest BCUT2D eigenvalue weighted by Gasteiger charge is -2.10. The van der Waals surface area contributed by atoms with Crippen LogP contribution in [0.5, 0.6) is 0 Å². The smallest absolute Gasteiger partial charge is 0.258 e. The average molecular weight is 466 g/mol. The Labute approximate surface area is 196 Å². The van der Waals surface area contributed by atoms with Gasteiger partial charge in [0.1, 0.15) is 6.61 Å². The molecular weight excluding hydrogens is 440 g/mol. The molecule has 2 fully saturated rings. The van der Waals surface area contributed by atoms with E-state index in [0.29, 0.717) is 30.8 Å². The summed E-state index contributed by atoms with van der Waals surface area (Å²) in [7, 11) is 0. The number of carbonyl (C=O) groups excluding carboxylic acids is 5. The highest BCUT2D eigenvalue weighted by Gasteiger charge is 2.25. The molecule has 4 N–H and O–H groups in total. The fraction of sp³-hybridized carbons (Fsp3) is 0.292. The van der Waals surface area contributed by atoms with Gasteiger partial charge in [-0.3, -0.25) is 29.3 Å². The Kier molecular flexibility index (Phi) is 8.87. The first kappa shape index (κ1) is 24.6. The monoisotopic (exact) mass is 466 g/mol. The van der Waals surface area contributed by atoms with Crippen LogP contribution in [-0.2, 0) is 20.9 Å². The predicted molar refractivity (Wildman–Crippen MR) is 122 cm³/mol. The molecule has 5 amide bonds. The molecule has 0 radical (unpaired) electrons. The number of hydrogen-bond donors (Lipinski definition) is 4. The van der Waals surface area contributed by atoms with E-state index >= 15 is 0 Å². The van der Waals surface area contributed by atoms with Crippen LogP contribution >= 0.6 is 0 Å². The van der Waals surface area contributed by atoms with E-state index in [4.69, 9.17) is 4.74 Å². The van der Waals surface area contributed by atoms with Gasteiger partial charge in [-0.1, -0.05) is 30.3 Å². The van der Waals surface area contributed by atoms with Gasteiger partial charge in [-0.25, -0.2) is 0 Å². The second kappa shape index (κ2) is 12.3. The van der Waals surface area contributed by atoms with Crippen molar-refractivity contribution in [2.45, 2.75) is 19.4 Å². The van der Waals surface area contributed by atoms with Crippen LogP contribution in [0, 0.1) is 0 Å². The maximum Gasteiger partial charge on any atom is 0.258 e. The van der Waals surface area contributed by atoms with Crippen LogP contribution in [0.4, 0.5) is 0 Å². The van der Waals surface area contributed by atoms with Crippen LogP contribution in [-0.4, -0.2) is 55.8 Å². The molecule has 0 unspecified atom stereocenters. The lowest BCUT2D eigenvalue weighted by molar-refractivity contribution is -0.129. The number of benzene rings is 2. The van der Waals surface area contributed by atoms with Crippen molar-refractivity contribution in [3.63, 3.8) is 0 Å². The molecule has 6 rings (SSSR count). The first-order valence-corrected chi connectivity index (χ1v) is 10.9. The van der Waals surface area contributed by atoms with Crippen LogP contribution < -0.4 is 21.3 Å². The maximum atomic E-state index is 11.0. The zero-order chi connectivity index (χ0) is 24.3. The van der Waals surface area contributed by atoms with Gasteiger partial charge in [0.15, 0.2) is 0 Å². The van der Waals surface area contributed by atoms with E-state index in [1.807, 2.05) is 24.3 Å². The van der Waals surface area contributed by atoms with Crippen LogP contribution in [0.3, 0.4) is 0 Å². The van der Waals surface area contributed by atoms with E-state index in [-0.39, 0.29) is 36.1 Å². The molecule has 4 aliphatic rings. The van der Waals surface area contributed by atoms with Crippen LogP contribution in [0.1, 0.15) is 49.5 Å². The molecule has 0 bridgehead atoms. The molecule has 0 aliphatic carbocycles. The van der Waals surface area contributed by atoms with E-state index in [1.54, 1.807) is 24.3 Å². The Morgan fingerprint density at radius 3 is 1.71 bits per heavy atom. The quantitative estimate of drug-likeness (QED) is 0.417. The third-order valence-electron chi connectivity index (χ3n) is 5.05. The number of hydrogen-bond acceptors (Lipinski definition) is 6. The second-order valence-corrected chi connectivity index (χ2v) is 7.52. The number of fused-ring (bicyclic) bond motifs is 2. The van der Waals surface area contributed by atoms with Crippen LogP contribution in [0.2, 0.25) is 0 Å². The van der Waals surface area contributed by atoms with E-state index in [1.165, 1.54) is 0 Å². The Hall–Kier alpha value is -4.05. The summed E-state index contributed by atoms with van der Waals surface area (Å²) >= 11 is 0. The first-order chi connectivity index (χ1) is 16.5. The lowest BCUT2D eigenvalue weighted by Crippen LogP contribution is -2.36. The standard InChI is InChI=1S/C8H5NO2.C8H7NO.C4H7NO2.C4H7NO/c10-7-5-3-1-2-4-6(5)8(11)9-7;10-8-7-4-2-1-3-6(7)5-9-8;6-4-3-7-2-1-5-4;6-4-2-1-3-5-4/h1-4H,(H,9,10,11);1-4H,5H2,(H,9,10);1-3H2,(H,5,6);1-3H2,(H,5,6). The zero-order valence-electron chi connectivity index (χ0n) is 18.5. The van der Waals surface area contributed by atoms with Gasteiger partial charge in [0, 0.05) is 31.6 Å². The summed E-state index contributed by atoms with van der Waals surface area (Å²) in [5, 5.41) is 10.2. The van der Waals surface area contributed by atoms with E-state index in [9.17, 15) is 24.0 Å². The van der Waals surface area contributed by atoms with E-state index < -0.39 is 0 Å². The summed E-state index contributed by atoms with van der Waals surface area (Å²) in [4.78, 5) is 53.2. The Morgan fingerprint density at radius 1 is 0.647 bits per heavy atom. The second-order valence-electron chi connectivity index (χ2n) is 7.52. The molecule has 0 saturated carbocycles. The number of nitrogens with one attached hydrogen (secondary N) is 4. The Bertz CT molecular complexity index is 1040. The van der Waals surface area contributed by atoms with Crippen molar-refractivity contribution in [1.82, 2.24) is 21.3 Å². The maximum absolute atomic E-state index is 11.0. The third kappa shape index (κ3) is 6.97. The van der Waals surface area contributed by atoms with Crippen LogP contribution in [0.25, 0.3) is 0 Å². The normalized spacial score (nSPS) is 17.1. The summed E-state index contributed by atoms with van der Waals surface area (Å²) in [5.41, 5.74) is 2.87. The Morgan fingerprint density at radius 2 is 1.26 bits per heavy atom. The largest absolute Gasteiger partial charge is 0.370 e. The molecule has 0 aromatic heterocycles. The minimum atomic E-state index is -0.300. The predicted octanol–water partition coefficient (Wildman–Crippen LogP) is 0.529. The number of amides is 5. The lowest BCUT2D eigenvalue weighted by atomic mass is 10.1. The SMILES string of the molecule is O=C1CCCN1.O=C1COCCN1.O=C1NC(=O)c2ccccc21.O=C1NCc2ccccc21. The van der Waals surface area contributed by atoms with E-state index in [2.05, 4.69) is 21.3 Å². The average Bonchev–Trinajstić information content (AvgIpc) is 3.56. The van der Waals surface area contributed by atoms with Gasteiger partial charge < -0.3 is 20.7 Å². The highest BCUT2D eigenvalue weighted by Crippen LogP contribution is 2.14. The van der Waals surface area contributed by atoms with E-state index in [0.717, 1.165) is 30.5 Å². The summed E-state index contributed by atoms with van der Waals surface area (Å²) < 4.78 is 4.77. The highest BCUT2D eigenvalue weighted by molar-refractivity contribution is 6.21. The fourth-order valence-electron chi connectivity index (χ4n) is 3.33. The number of morpholine rings is 1. The summed E-state index contributed by atoms with van der Waals surface area (Å²) in [5.74, 6) is -0.354. The van der Waals surface area contributed by atoms with Crippen molar-refractivity contribution in [2.75, 3.05) is 26.3 Å². The molecule has 4 aliphatic heterocycles. The van der Waals surface area contributed by atoms with Crippen molar-refractivity contribution in [1.29, 1.82) is 0 Å². The summed E-state index contributed by atoms with van der Waals surface area (Å²) in [6.07, 6.45) is 1.76. The summed E-state index contributed by atoms with van der Waals surface area (Å²) in [6, 6.07) is 14.4. The minimum Gasteiger partial charge on any atom is -0.370 e. The van der Waals surface area contributed by atoms with Crippen molar-refractivity contribution >= 4 is 29.5 Å². The molecule has 4 heterocycles. The van der Waals surface area contributed by atoms with Gasteiger partial charge in [-0.15, -0.1) is 0 Å². The van der Waals surface area contributed by atoms with Gasteiger partial charge in [-0.2, -0.15) is 0 Å². The number of carbonyl (C=O) groups is 5. The van der Waals surface area contributed by atoms with Gasteiger partial charge >= 0.3 is 0 Å². The molecule has 10 nitrogen and oxygen atoms in total. The number of imide groups is 1. The van der Waals surface area contributed by atoms with Gasteiger partial charge in [0.05, 0.1) is 17.7 Å². The molecule has 178 valence electrons. The number of rotatable bonds is 0. The first-order valence-electron chi connectivity index (χ1n) is 10.9. The zero-order valence-corrected chi connectivity index (χ0v) is 18.5. The third-order valence-corrected chi connectivity index (χ3v) is 5.05. The molecular formula is C24H26N4O6. The van der Waals surface area contributed by atoms with Crippen molar-refractivity contribution in [2.24, 2.45) is 0 Å². The fourth-order valence-corrected chi connectivity index (χ4v) is 3.33. The van der Waals surface area contributed by atoms with Crippen molar-refractivity contribution in [3.05, 3.63) is 70.8 Å². The molecule has 2 aromatic carbocycles. The van der Waals surface area contributed by atoms with Crippen LogP contribution in [0.15, 0.2) is 48.5 Å². The molecule has 2 aromatic rings. The van der Waals surface area contributed by atoms with Gasteiger partial charge in [0.2, 0.25) is 11.8 Å². The molecule has 10 heteroatoms. The van der Waals surface area contributed by atoms with Gasteiger partial charge in [0.25, 0.3) is 17.7 Å². The van der Waals surface area contributed by atoms with Crippen molar-refractivity contribution < 1.29 is 28.7 Å². The number of ether oxygens (including phenoxy) is 1. The highest BCUT2D eigenvalue weighted by atomic mass is 16.5. The topological polar surface area (TPSA) is 143 Å². The summed E-state index contributed by atoms with van der Waals surface area (Å²) in [6.45, 7) is 3.14. The molecule has 2 saturated heterocycles. The van der Waals surface area contributed by atoms with Gasteiger partial charge in [-0.05, 0) is 30.2 Å². The molecule has 0 atom stereocenters.